The van der Waals surface area contributed by atoms with Crippen LogP contribution in [0.15, 0.2) is 42.5 Å². The van der Waals surface area contributed by atoms with Gasteiger partial charge in [0.1, 0.15) is 11.6 Å². The van der Waals surface area contributed by atoms with Crippen LogP contribution in [0.2, 0.25) is 0 Å². The van der Waals surface area contributed by atoms with Crippen LogP contribution in [0.5, 0.6) is 0 Å². The average molecular weight is 335 g/mol. The van der Waals surface area contributed by atoms with E-state index in [2.05, 4.69) is 13.8 Å². The fraction of sp³-hybridized carbons (Fsp3) is 0.429. The van der Waals surface area contributed by atoms with Gasteiger partial charge in [-0.25, -0.2) is 8.78 Å². The second-order valence-corrected chi connectivity index (χ2v) is 5.55. The lowest BCUT2D eigenvalue weighted by molar-refractivity contribution is 0.579. The molecule has 0 spiro atoms. The summed E-state index contributed by atoms with van der Waals surface area (Å²) in [7, 11) is 0. The lowest BCUT2D eigenvalue weighted by atomic mass is 10.1. The maximum absolute atomic E-state index is 14.0. The van der Waals surface area contributed by atoms with Gasteiger partial charge in [0.2, 0.25) is 0 Å². The Kier molecular flexibility index (Phi) is 10.7. The topological polar surface area (TPSA) is 3.24 Å². The number of hydrogen-bond donors (Lipinski definition) is 0. The number of para-hydroxylation sites is 1. The summed E-state index contributed by atoms with van der Waals surface area (Å²) in [5, 5.41) is 0. The molecule has 2 rings (SSSR count). The molecule has 0 saturated heterocycles. The number of rotatable bonds is 3. The van der Waals surface area contributed by atoms with E-state index in [1.165, 1.54) is 18.6 Å². The molecule has 0 aromatic heterocycles. The summed E-state index contributed by atoms with van der Waals surface area (Å²) in [6, 6.07) is 11.5. The van der Waals surface area contributed by atoms with Crippen molar-refractivity contribution in [2.24, 2.45) is 0 Å². The van der Waals surface area contributed by atoms with Crippen molar-refractivity contribution in [2.75, 3.05) is 4.90 Å². The summed E-state index contributed by atoms with van der Waals surface area (Å²) in [4.78, 5) is 1.88. The third-order valence-electron chi connectivity index (χ3n) is 3.06. The third-order valence-corrected chi connectivity index (χ3v) is 3.06. The Morgan fingerprint density at radius 3 is 1.92 bits per heavy atom. The Morgan fingerprint density at radius 2 is 1.46 bits per heavy atom. The first-order chi connectivity index (χ1) is 11.4. The van der Waals surface area contributed by atoms with Crippen LogP contribution in [0.1, 0.15) is 53.5 Å². The summed E-state index contributed by atoms with van der Waals surface area (Å²) in [5.74, 6) is -1.10. The molecule has 0 atom stereocenters. The van der Waals surface area contributed by atoms with Gasteiger partial charge in [0.15, 0.2) is 0 Å². The minimum Gasteiger partial charge on any atom is -0.336 e. The van der Waals surface area contributed by atoms with Crippen molar-refractivity contribution in [1.29, 1.82) is 0 Å². The number of nitrogens with zero attached hydrogens (tertiary/aromatic N) is 1. The molecular formula is C21H31F2N. The molecule has 0 heterocycles. The summed E-state index contributed by atoms with van der Waals surface area (Å²) in [6.07, 6.45) is 1.25. The van der Waals surface area contributed by atoms with E-state index in [1.807, 2.05) is 63.8 Å². The molecule has 0 bridgehead atoms. The van der Waals surface area contributed by atoms with Crippen LogP contribution in [-0.2, 0) is 0 Å². The molecule has 0 radical (unpaired) electrons. The highest BCUT2D eigenvalue weighted by Crippen LogP contribution is 2.32. The zero-order valence-corrected chi connectivity index (χ0v) is 16.0. The van der Waals surface area contributed by atoms with Gasteiger partial charge in [-0.1, -0.05) is 52.3 Å². The van der Waals surface area contributed by atoms with E-state index in [-0.39, 0.29) is 6.04 Å². The molecule has 134 valence electrons. The Morgan fingerprint density at radius 1 is 0.917 bits per heavy atom. The predicted octanol–water partition coefficient (Wildman–Crippen LogP) is 7.26. The standard InChI is InChI=1S/C16H17F2N.C3H8.C2H6/c1-11(2)19(15-7-5-4-6-12(15)3)16-9-8-13(17)10-14(16)18;1-3-2;1-2/h4-11H,1-3H3;3H2,1-2H3;1-2H3. The lowest BCUT2D eigenvalue weighted by Crippen LogP contribution is -2.27. The van der Waals surface area contributed by atoms with Crippen LogP contribution in [0, 0.1) is 18.6 Å². The normalized spacial score (nSPS) is 9.58. The Hall–Kier alpha value is -1.90. The molecule has 1 nitrogen and oxygen atoms in total. The van der Waals surface area contributed by atoms with Gasteiger partial charge < -0.3 is 4.90 Å². The van der Waals surface area contributed by atoms with Gasteiger partial charge in [-0.2, -0.15) is 0 Å². The van der Waals surface area contributed by atoms with Crippen molar-refractivity contribution in [3.63, 3.8) is 0 Å². The van der Waals surface area contributed by atoms with E-state index < -0.39 is 11.6 Å². The quantitative estimate of drug-likeness (QED) is 0.570. The molecule has 0 N–H and O–H groups in total. The van der Waals surface area contributed by atoms with E-state index in [9.17, 15) is 8.78 Å². The Bertz CT molecular complexity index is 594. The van der Waals surface area contributed by atoms with Crippen molar-refractivity contribution in [2.45, 2.75) is 60.9 Å². The molecule has 0 aliphatic heterocycles. The van der Waals surface area contributed by atoms with Crippen molar-refractivity contribution in [1.82, 2.24) is 0 Å². The monoisotopic (exact) mass is 335 g/mol. The molecule has 0 fully saturated rings. The third kappa shape index (κ3) is 6.31. The Labute approximate surface area is 146 Å². The first-order valence-corrected chi connectivity index (χ1v) is 8.72. The number of hydrogen-bond acceptors (Lipinski definition) is 1. The molecule has 2 aromatic rings. The SMILES string of the molecule is CC.CCC.Cc1ccccc1N(c1ccc(F)cc1F)C(C)C. The molecule has 0 aliphatic carbocycles. The van der Waals surface area contributed by atoms with Gasteiger partial charge in [-0.3, -0.25) is 0 Å². The van der Waals surface area contributed by atoms with Gasteiger partial charge in [0, 0.05) is 17.8 Å². The first-order valence-electron chi connectivity index (χ1n) is 8.72. The van der Waals surface area contributed by atoms with E-state index >= 15 is 0 Å². The zero-order valence-electron chi connectivity index (χ0n) is 16.0. The van der Waals surface area contributed by atoms with Crippen LogP contribution in [0.25, 0.3) is 0 Å². The van der Waals surface area contributed by atoms with Crippen molar-refractivity contribution in [3.8, 4) is 0 Å². The maximum Gasteiger partial charge on any atom is 0.149 e. The highest BCUT2D eigenvalue weighted by molar-refractivity contribution is 5.67. The highest BCUT2D eigenvalue weighted by Gasteiger charge is 2.18. The van der Waals surface area contributed by atoms with Crippen LogP contribution in [0.4, 0.5) is 20.2 Å². The fourth-order valence-electron chi connectivity index (χ4n) is 2.20. The van der Waals surface area contributed by atoms with Gasteiger partial charge in [-0.15, -0.1) is 0 Å². The molecule has 0 unspecified atom stereocenters. The smallest absolute Gasteiger partial charge is 0.149 e. The van der Waals surface area contributed by atoms with E-state index in [0.29, 0.717) is 5.69 Å². The molecule has 3 heteroatoms. The molecular weight excluding hydrogens is 304 g/mol. The van der Waals surface area contributed by atoms with Crippen LogP contribution in [-0.4, -0.2) is 6.04 Å². The average Bonchev–Trinajstić information content (AvgIpc) is 2.54. The van der Waals surface area contributed by atoms with E-state index in [0.717, 1.165) is 17.3 Å². The number of benzene rings is 2. The van der Waals surface area contributed by atoms with Crippen molar-refractivity contribution >= 4 is 11.4 Å². The summed E-state index contributed by atoms with van der Waals surface area (Å²) in [5.41, 5.74) is 2.38. The molecule has 0 saturated carbocycles. The van der Waals surface area contributed by atoms with Crippen LogP contribution in [0.3, 0.4) is 0 Å². The van der Waals surface area contributed by atoms with Gasteiger partial charge in [0.25, 0.3) is 0 Å². The number of aryl methyl sites for hydroxylation is 1. The van der Waals surface area contributed by atoms with E-state index in [1.54, 1.807) is 0 Å². The van der Waals surface area contributed by atoms with Crippen LogP contribution < -0.4 is 4.90 Å². The number of anilines is 2. The highest BCUT2D eigenvalue weighted by atomic mass is 19.1. The van der Waals surface area contributed by atoms with Gasteiger partial charge >= 0.3 is 0 Å². The summed E-state index contributed by atoms with van der Waals surface area (Å²) in [6.45, 7) is 14.2. The molecule has 0 amide bonds. The second-order valence-electron chi connectivity index (χ2n) is 5.55. The summed E-state index contributed by atoms with van der Waals surface area (Å²) >= 11 is 0. The fourth-order valence-corrected chi connectivity index (χ4v) is 2.20. The molecule has 24 heavy (non-hydrogen) atoms. The Balaban J connectivity index is 0.000000952. The minimum absolute atomic E-state index is 0.0704. The zero-order chi connectivity index (χ0) is 18.7. The second kappa shape index (κ2) is 11.6. The van der Waals surface area contributed by atoms with Gasteiger partial charge in [-0.05, 0) is 44.5 Å². The first kappa shape index (κ1) is 22.1. The largest absolute Gasteiger partial charge is 0.336 e. The van der Waals surface area contributed by atoms with E-state index in [4.69, 9.17) is 0 Å². The maximum atomic E-state index is 14.0. The molecule has 0 aliphatic rings. The minimum atomic E-state index is -0.560. The van der Waals surface area contributed by atoms with Crippen molar-refractivity contribution < 1.29 is 8.78 Å². The van der Waals surface area contributed by atoms with Crippen molar-refractivity contribution in [3.05, 3.63) is 59.7 Å². The predicted molar refractivity (Wildman–Crippen MR) is 102 cm³/mol. The summed E-state index contributed by atoms with van der Waals surface area (Å²) < 4.78 is 27.0. The van der Waals surface area contributed by atoms with Gasteiger partial charge in [0.05, 0.1) is 5.69 Å². The lowest BCUT2D eigenvalue weighted by Gasteiger charge is -2.30. The van der Waals surface area contributed by atoms with Crippen LogP contribution >= 0.6 is 0 Å². The number of halogens is 2. The molecule has 2 aromatic carbocycles.